The van der Waals surface area contributed by atoms with Gasteiger partial charge in [0.05, 0.1) is 12.5 Å². The standard InChI is InChI=1S/C13H18ClNO3/c1-9(16)5-6-15(2)13(18)7-10-3-4-11(17)8-12(10)14/h3-4,8-9,16-17H,5-7H2,1-2H3. The van der Waals surface area contributed by atoms with Crippen LogP contribution in [0.15, 0.2) is 18.2 Å². The molecule has 0 aliphatic rings. The molecule has 1 amide bonds. The lowest BCUT2D eigenvalue weighted by Crippen LogP contribution is -2.30. The molecule has 0 saturated heterocycles. The van der Waals surface area contributed by atoms with Crippen LogP contribution in [-0.2, 0) is 11.2 Å². The van der Waals surface area contributed by atoms with Crippen molar-refractivity contribution in [1.82, 2.24) is 4.90 Å². The first kappa shape index (κ1) is 14.8. The number of carbonyl (C=O) groups excluding carboxylic acids is 1. The molecule has 0 spiro atoms. The summed E-state index contributed by atoms with van der Waals surface area (Å²) in [5.74, 6) is 0.0156. The van der Waals surface area contributed by atoms with E-state index in [1.807, 2.05) is 0 Å². The molecule has 1 atom stereocenters. The molecule has 0 bridgehead atoms. The number of phenolic OH excluding ortho intramolecular Hbond substituents is 1. The van der Waals surface area contributed by atoms with Gasteiger partial charge >= 0.3 is 0 Å². The number of carbonyl (C=O) groups is 1. The van der Waals surface area contributed by atoms with Crippen LogP contribution in [0.5, 0.6) is 5.75 Å². The fraction of sp³-hybridized carbons (Fsp3) is 0.462. The van der Waals surface area contributed by atoms with E-state index in [0.717, 1.165) is 0 Å². The van der Waals surface area contributed by atoms with Crippen molar-refractivity contribution < 1.29 is 15.0 Å². The number of likely N-dealkylation sites (N-methyl/N-ethyl adjacent to an activating group) is 1. The van der Waals surface area contributed by atoms with Crippen LogP contribution in [0.3, 0.4) is 0 Å². The number of rotatable bonds is 5. The smallest absolute Gasteiger partial charge is 0.226 e. The third-order valence-corrected chi connectivity index (χ3v) is 3.04. The molecule has 0 aliphatic heterocycles. The highest BCUT2D eigenvalue weighted by molar-refractivity contribution is 6.31. The molecule has 0 heterocycles. The Bertz CT molecular complexity index is 421. The molecule has 0 radical (unpaired) electrons. The minimum Gasteiger partial charge on any atom is -0.508 e. The minimum atomic E-state index is -0.419. The summed E-state index contributed by atoms with van der Waals surface area (Å²) < 4.78 is 0. The highest BCUT2D eigenvalue weighted by Crippen LogP contribution is 2.22. The molecule has 100 valence electrons. The van der Waals surface area contributed by atoms with Gasteiger partial charge in [0.1, 0.15) is 5.75 Å². The molecular formula is C13H18ClNO3. The lowest BCUT2D eigenvalue weighted by Gasteiger charge is -2.18. The Hall–Kier alpha value is -1.26. The first-order valence-corrected chi connectivity index (χ1v) is 6.17. The molecule has 1 rings (SSSR count). The number of aliphatic hydroxyl groups excluding tert-OH is 1. The van der Waals surface area contributed by atoms with E-state index in [-0.39, 0.29) is 18.1 Å². The highest BCUT2D eigenvalue weighted by Gasteiger charge is 2.12. The molecule has 1 aromatic carbocycles. The second-order valence-corrected chi connectivity index (χ2v) is 4.81. The number of phenols is 1. The van der Waals surface area contributed by atoms with Crippen LogP contribution < -0.4 is 0 Å². The monoisotopic (exact) mass is 271 g/mol. The third kappa shape index (κ3) is 4.55. The summed E-state index contributed by atoms with van der Waals surface area (Å²) in [6.45, 7) is 2.20. The van der Waals surface area contributed by atoms with Crippen LogP contribution >= 0.6 is 11.6 Å². The van der Waals surface area contributed by atoms with Crippen LogP contribution in [0.2, 0.25) is 5.02 Å². The normalized spacial score (nSPS) is 12.2. The number of amides is 1. The Morgan fingerprint density at radius 3 is 2.72 bits per heavy atom. The van der Waals surface area contributed by atoms with Gasteiger partial charge in [-0.15, -0.1) is 0 Å². The number of aliphatic hydroxyl groups is 1. The van der Waals surface area contributed by atoms with Gasteiger partial charge in [-0.2, -0.15) is 0 Å². The van der Waals surface area contributed by atoms with Gasteiger partial charge in [0.15, 0.2) is 0 Å². The van der Waals surface area contributed by atoms with E-state index in [9.17, 15) is 9.90 Å². The van der Waals surface area contributed by atoms with Gasteiger partial charge in [-0.3, -0.25) is 4.79 Å². The Morgan fingerprint density at radius 1 is 1.50 bits per heavy atom. The fourth-order valence-electron chi connectivity index (χ4n) is 1.48. The van der Waals surface area contributed by atoms with E-state index < -0.39 is 6.10 Å². The Balaban J connectivity index is 2.58. The molecule has 0 fully saturated rings. The summed E-state index contributed by atoms with van der Waals surface area (Å²) in [5, 5.41) is 18.8. The van der Waals surface area contributed by atoms with Crippen molar-refractivity contribution in [2.24, 2.45) is 0 Å². The van der Waals surface area contributed by atoms with Crippen LogP contribution in [0, 0.1) is 0 Å². The van der Waals surface area contributed by atoms with E-state index in [1.54, 1.807) is 24.9 Å². The molecule has 4 nitrogen and oxygen atoms in total. The first-order valence-electron chi connectivity index (χ1n) is 5.79. The lowest BCUT2D eigenvalue weighted by atomic mass is 10.1. The van der Waals surface area contributed by atoms with E-state index in [2.05, 4.69) is 0 Å². The van der Waals surface area contributed by atoms with E-state index in [0.29, 0.717) is 23.6 Å². The topological polar surface area (TPSA) is 60.8 Å². The number of nitrogens with zero attached hydrogens (tertiary/aromatic N) is 1. The predicted molar refractivity (Wildman–Crippen MR) is 70.8 cm³/mol. The number of benzene rings is 1. The van der Waals surface area contributed by atoms with Crippen LogP contribution in [0.1, 0.15) is 18.9 Å². The van der Waals surface area contributed by atoms with Gasteiger partial charge in [0, 0.05) is 18.6 Å². The first-order chi connectivity index (χ1) is 8.40. The third-order valence-electron chi connectivity index (χ3n) is 2.69. The fourth-order valence-corrected chi connectivity index (χ4v) is 1.72. The zero-order valence-corrected chi connectivity index (χ0v) is 11.3. The summed E-state index contributed by atoms with van der Waals surface area (Å²) >= 11 is 5.94. The quantitative estimate of drug-likeness (QED) is 0.859. The van der Waals surface area contributed by atoms with Crippen molar-refractivity contribution in [3.8, 4) is 5.75 Å². The van der Waals surface area contributed by atoms with E-state index in [4.69, 9.17) is 16.7 Å². The average molecular weight is 272 g/mol. The lowest BCUT2D eigenvalue weighted by molar-refractivity contribution is -0.129. The van der Waals surface area contributed by atoms with Gasteiger partial charge in [0.2, 0.25) is 5.91 Å². The van der Waals surface area contributed by atoms with E-state index in [1.165, 1.54) is 12.1 Å². The highest BCUT2D eigenvalue weighted by atomic mass is 35.5. The zero-order chi connectivity index (χ0) is 13.7. The Labute approximate surface area is 112 Å². The summed E-state index contributed by atoms with van der Waals surface area (Å²) in [5.41, 5.74) is 0.684. The second-order valence-electron chi connectivity index (χ2n) is 4.41. The second kappa shape index (κ2) is 6.61. The summed E-state index contributed by atoms with van der Waals surface area (Å²) in [6.07, 6.45) is 0.318. The zero-order valence-electron chi connectivity index (χ0n) is 10.6. The van der Waals surface area contributed by atoms with Crippen molar-refractivity contribution >= 4 is 17.5 Å². The molecule has 1 unspecified atom stereocenters. The maximum Gasteiger partial charge on any atom is 0.226 e. The van der Waals surface area contributed by atoms with Crippen molar-refractivity contribution in [3.05, 3.63) is 28.8 Å². The maximum atomic E-state index is 11.9. The van der Waals surface area contributed by atoms with Crippen molar-refractivity contribution in [3.63, 3.8) is 0 Å². The van der Waals surface area contributed by atoms with Crippen molar-refractivity contribution in [2.45, 2.75) is 25.9 Å². The van der Waals surface area contributed by atoms with Gasteiger partial charge in [-0.05, 0) is 31.0 Å². The molecule has 0 aromatic heterocycles. The summed E-state index contributed by atoms with van der Waals surface area (Å²) in [4.78, 5) is 13.5. The van der Waals surface area contributed by atoms with Crippen molar-refractivity contribution in [1.29, 1.82) is 0 Å². The minimum absolute atomic E-state index is 0.0664. The van der Waals surface area contributed by atoms with Gasteiger partial charge < -0.3 is 15.1 Å². The Kier molecular flexibility index (Phi) is 5.44. The van der Waals surface area contributed by atoms with E-state index >= 15 is 0 Å². The van der Waals surface area contributed by atoms with Gasteiger partial charge in [-0.25, -0.2) is 0 Å². The molecule has 0 aliphatic carbocycles. The average Bonchev–Trinajstić information content (AvgIpc) is 2.29. The molecule has 18 heavy (non-hydrogen) atoms. The number of aromatic hydroxyl groups is 1. The molecule has 2 N–H and O–H groups in total. The largest absolute Gasteiger partial charge is 0.508 e. The molecule has 0 saturated carbocycles. The number of halogens is 1. The SMILES string of the molecule is CC(O)CCN(C)C(=O)Cc1ccc(O)cc1Cl. The summed E-state index contributed by atoms with van der Waals surface area (Å²) in [7, 11) is 1.69. The molecule has 1 aromatic rings. The predicted octanol–water partition coefficient (Wildman–Crippen LogP) is 1.82. The maximum absolute atomic E-state index is 11.9. The molecule has 5 heteroatoms. The van der Waals surface area contributed by atoms with Crippen LogP contribution in [0.25, 0.3) is 0 Å². The van der Waals surface area contributed by atoms with Crippen LogP contribution in [-0.4, -0.2) is 40.7 Å². The van der Waals surface area contributed by atoms with Gasteiger partial charge in [0.25, 0.3) is 0 Å². The summed E-state index contributed by atoms with van der Waals surface area (Å²) in [6, 6.07) is 4.56. The molecular weight excluding hydrogens is 254 g/mol. The van der Waals surface area contributed by atoms with Gasteiger partial charge in [-0.1, -0.05) is 17.7 Å². The number of hydrogen-bond donors (Lipinski definition) is 2. The number of hydrogen-bond acceptors (Lipinski definition) is 3. The van der Waals surface area contributed by atoms with Crippen LogP contribution in [0.4, 0.5) is 0 Å². The Morgan fingerprint density at radius 2 is 2.17 bits per heavy atom. The van der Waals surface area contributed by atoms with Crippen molar-refractivity contribution in [2.75, 3.05) is 13.6 Å².